The summed E-state index contributed by atoms with van der Waals surface area (Å²) in [4.78, 5) is 20.9. The number of furan rings is 1. The lowest BCUT2D eigenvalue weighted by Crippen LogP contribution is -2.47. The van der Waals surface area contributed by atoms with Gasteiger partial charge in [-0.25, -0.2) is 4.98 Å². The zero-order chi connectivity index (χ0) is 16.2. The van der Waals surface area contributed by atoms with Crippen LogP contribution in [0.4, 0.5) is 0 Å². The maximum Gasteiger partial charge on any atom is 0.246 e. The lowest BCUT2D eigenvalue weighted by Gasteiger charge is -2.33. The SMILES string of the molecule is Cc1ccc(C=CC(=O)N2CCN(Cc3csc(C)n3)CC2)o1. The Bertz CT molecular complexity index is 696. The van der Waals surface area contributed by atoms with Gasteiger partial charge < -0.3 is 9.32 Å². The first-order chi connectivity index (χ1) is 11.1. The third kappa shape index (κ3) is 4.30. The van der Waals surface area contributed by atoms with Gasteiger partial charge in [0.15, 0.2) is 0 Å². The molecule has 0 radical (unpaired) electrons. The molecule has 1 saturated heterocycles. The molecule has 1 aliphatic heterocycles. The van der Waals surface area contributed by atoms with Crippen LogP contribution >= 0.6 is 11.3 Å². The van der Waals surface area contributed by atoms with E-state index in [2.05, 4.69) is 15.3 Å². The number of nitrogens with zero attached hydrogens (tertiary/aromatic N) is 3. The molecule has 0 aromatic carbocycles. The highest BCUT2D eigenvalue weighted by Crippen LogP contribution is 2.13. The number of thiazole rings is 1. The van der Waals surface area contributed by atoms with Crippen molar-refractivity contribution in [3.8, 4) is 0 Å². The number of amides is 1. The van der Waals surface area contributed by atoms with Gasteiger partial charge in [-0.3, -0.25) is 9.69 Å². The minimum absolute atomic E-state index is 0.0446. The first-order valence-corrected chi connectivity index (χ1v) is 8.65. The topological polar surface area (TPSA) is 49.6 Å². The molecule has 0 aliphatic carbocycles. The molecule has 1 fully saturated rings. The van der Waals surface area contributed by atoms with Gasteiger partial charge in [-0.2, -0.15) is 0 Å². The minimum atomic E-state index is 0.0446. The van der Waals surface area contributed by atoms with Crippen molar-refractivity contribution in [2.45, 2.75) is 20.4 Å². The molecule has 122 valence electrons. The fourth-order valence-electron chi connectivity index (χ4n) is 2.64. The Hall–Kier alpha value is -1.92. The van der Waals surface area contributed by atoms with E-state index in [4.69, 9.17) is 4.42 Å². The Labute approximate surface area is 140 Å². The van der Waals surface area contributed by atoms with Crippen LogP contribution in [0.15, 0.2) is 28.0 Å². The molecule has 3 rings (SSSR count). The van der Waals surface area contributed by atoms with E-state index < -0.39 is 0 Å². The van der Waals surface area contributed by atoms with Crippen molar-refractivity contribution in [1.82, 2.24) is 14.8 Å². The lowest BCUT2D eigenvalue weighted by molar-refractivity contribution is -0.127. The van der Waals surface area contributed by atoms with E-state index in [0.717, 1.165) is 49.2 Å². The smallest absolute Gasteiger partial charge is 0.246 e. The molecule has 3 heterocycles. The number of carbonyl (C=O) groups excluding carboxylic acids is 1. The van der Waals surface area contributed by atoms with Crippen molar-refractivity contribution in [2.75, 3.05) is 26.2 Å². The van der Waals surface area contributed by atoms with Gasteiger partial charge in [-0.05, 0) is 32.1 Å². The molecule has 23 heavy (non-hydrogen) atoms. The Balaban J connectivity index is 1.48. The van der Waals surface area contributed by atoms with Crippen LogP contribution in [-0.2, 0) is 11.3 Å². The predicted octanol–water partition coefficient (Wildman–Crippen LogP) is 2.71. The molecule has 0 unspecified atom stereocenters. The molecule has 1 aliphatic rings. The summed E-state index contributed by atoms with van der Waals surface area (Å²) >= 11 is 1.68. The molecule has 0 atom stereocenters. The summed E-state index contributed by atoms with van der Waals surface area (Å²) in [6, 6.07) is 3.76. The molecule has 0 saturated carbocycles. The molecule has 0 bridgehead atoms. The van der Waals surface area contributed by atoms with Crippen LogP contribution in [0.3, 0.4) is 0 Å². The van der Waals surface area contributed by atoms with E-state index in [0.29, 0.717) is 5.76 Å². The summed E-state index contributed by atoms with van der Waals surface area (Å²) in [7, 11) is 0. The second kappa shape index (κ2) is 7.10. The van der Waals surface area contributed by atoms with E-state index in [9.17, 15) is 4.79 Å². The van der Waals surface area contributed by atoms with Gasteiger partial charge in [0.1, 0.15) is 11.5 Å². The highest BCUT2D eigenvalue weighted by Gasteiger charge is 2.20. The van der Waals surface area contributed by atoms with Crippen molar-refractivity contribution >= 4 is 23.3 Å². The zero-order valence-electron chi connectivity index (χ0n) is 13.5. The highest BCUT2D eigenvalue weighted by atomic mass is 32.1. The maximum atomic E-state index is 12.2. The van der Waals surface area contributed by atoms with E-state index in [-0.39, 0.29) is 5.91 Å². The summed E-state index contributed by atoms with van der Waals surface area (Å²) in [6.45, 7) is 8.06. The van der Waals surface area contributed by atoms with Crippen molar-refractivity contribution in [2.24, 2.45) is 0 Å². The normalized spacial score (nSPS) is 16.3. The zero-order valence-corrected chi connectivity index (χ0v) is 14.3. The first-order valence-electron chi connectivity index (χ1n) is 7.77. The van der Waals surface area contributed by atoms with Crippen LogP contribution in [0.5, 0.6) is 0 Å². The standard InChI is InChI=1S/C17H21N3O2S/c1-13-3-4-16(22-13)5-6-17(21)20-9-7-19(8-10-20)11-15-12-23-14(2)18-15/h3-6,12H,7-11H2,1-2H3. The van der Waals surface area contributed by atoms with E-state index in [1.54, 1.807) is 23.5 Å². The largest absolute Gasteiger partial charge is 0.462 e. The number of hydrogen-bond acceptors (Lipinski definition) is 5. The molecule has 5 nitrogen and oxygen atoms in total. The Morgan fingerprint density at radius 1 is 1.30 bits per heavy atom. The minimum Gasteiger partial charge on any atom is -0.462 e. The molecular formula is C17H21N3O2S. The van der Waals surface area contributed by atoms with Gasteiger partial charge in [0, 0.05) is 44.2 Å². The van der Waals surface area contributed by atoms with Crippen LogP contribution in [-0.4, -0.2) is 46.9 Å². The van der Waals surface area contributed by atoms with Gasteiger partial charge in [0.05, 0.1) is 10.7 Å². The second-order valence-corrected chi connectivity index (χ2v) is 6.80. The van der Waals surface area contributed by atoms with Crippen LogP contribution in [0.2, 0.25) is 0 Å². The second-order valence-electron chi connectivity index (χ2n) is 5.74. The van der Waals surface area contributed by atoms with Gasteiger partial charge in [0.2, 0.25) is 5.91 Å². The van der Waals surface area contributed by atoms with Crippen molar-refractivity contribution in [3.05, 3.63) is 45.8 Å². The molecule has 1 amide bonds. The summed E-state index contributed by atoms with van der Waals surface area (Å²) in [5.41, 5.74) is 1.13. The highest BCUT2D eigenvalue weighted by molar-refractivity contribution is 7.09. The third-order valence-corrected chi connectivity index (χ3v) is 4.71. The van der Waals surface area contributed by atoms with Gasteiger partial charge >= 0.3 is 0 Å². The first kappa shape index (κ1) is 16.0. The Kier molecular flexibility index (Phi) is 4.93. The number of hydrogen-bond donors (Lipinski definition) is 0. The summed E-state index contributed by atoms with van der Waals surface area (Å²) in [5.74, 6) is 1.61. The van der Waals surface area contributed by atoms with Gasteiger partial charge in [0.25, 0.3) is 0 Å². The van der Waals surface area contributed by atoms with E-state index in [1.165, 1.54) is 0 Å². The van der Waals surface area contributed by atoms with E-state index in [1.807, 2.05) is 30.9 Å². The number of aromatic nitrogens is 1. The molecule has 6 heteroatoms. The average molecular weight is 331 g/mol. The van der Waals surface area contributed by atoms with E-state index >= 15 is 0 Å². The van der Waals surface area contributed by atoms with Crippen LogP contribution in [0, 0.1) is 13.8 Å². The Morgan fingerprint density at radius 2 is 2.09 bits per heavy atom. The van der Waals surface area contributed by atoms with Crippen LogP contribution < -0.4 is 0 Å². The molecule has 2 aromatic heterocycles. The summed E-state index contributed by atoms with van der Waals surface area (Å²) < 4.78 is 5.43. The lowest BCUT2D eigenvalue weighted by atomic mass is 10.2. The number of piperazine rings is 1. The summed E-state index contributed by atoms with van der Waals surface area (Å²) in [6.07, 6.45) is 3.33. The van der Waals surface area contributed by atoms with Crippen LogP contribution in [0.1, 0.15) is 22.2 Å². The predicted molar refractivity (Wildman–Crippen MR) is 91.2 cm³/mol. The van der Waals surface area contributed by atoms with Crippen LogP contribution in [0.25, 0.3) is 6.08 Å². The van der Waals surface area contributed by atoms with Crippen molar-refractivity contribution in [1.29, 1.82) is 0 Å². The molecule has 0 N–H and O–H groups in total. The Morgan fingerprint density at radius 3 is 2.70 bits per heavy atom. The quantitative estimate of drug-likeness (QED) is 0.808. The van der Waals surface area contributed by atoms with Crippen molar-refractivity contribution < 1.29 is 9.21 Å². The molecular weight excluding hydrogens is 310 g/mol. The fourth-order valence-corrected chi connectivity index (χ4v) is 3.24. The number of rotatable bonds is 4. The monoisotopic (exact) mass is 331 g/mol. The number of aryl methyl sites for hydroxylation is 2. The summed E-state index contributed by atoms with van der Waals surface area (Å²) in [5, 5.41) is 3.22. The average Bonchev–Trinajstić information content (AvgIpc) is 3.14. The molecule has 0 spiro atoms. The molecule has 2 aromatic rings. The fraction of sp³-hybridized carbons (Fsp3) is 0.412. The third-order valence-electron chi connectivity index (χ3n) is 3.89. The van der Waals surface area contributed by atoms with Crippen molar-refractivity contribution in [3.63, 3.8) is 0 Å². The maximum absolute atomic E-state index is 12.2. The van der Waals surface area contributed by atoms with Gasteiger partial charge in [-0.1, -0.05) is 0 Å². The number of carbonyl (C=O) groups is 1. The van der Waals surface area contributed by atoms with Gasteiger partial charge in [-0.15, -0.1) is 11.3 Å².